The van der Waals surface area contributed by atoms with E-state index >= 15 is 0 Å². The summed E-state index contributed by atoms with van der Waals surface area (Å²) in [6, 6.07) is 11.5. The van der Waals surface area contributed by atoms with Gasteiger partial charge in [0.1, 0.15) is 11.5 Å². The molecule has 1 aromatic heterocycles. The molecule has 2 aromatic carbocycles. The molecule has 1 fully saturated rings. The number of nitro benzene ring substituents is 1. The molecule has 1 saturated heterocycles. The molecule has 1 N–H and O–H groups in total. The molecule has 1 amide bonds. The van der Waals surface area contributed by atoms with Gasteiger partial charge in [-0.15, -0.1) is 0 Å². The molecule has 0 spiro atoms. The van der Waals surface area contributed by atoms with Crippen LogP contribution in [0.25, 0.3) is 5.76 Å². The van der Waals surface area contributed by atoms with Crippen molar-refractivity contribution in [2.45, 2.75) is 38.8 Å². The van der Waals surface area contributed by atoms with Gasteiger partial charge in [0.25, 0.3) is 17.4 Å². The van der Waals surface area contributed by atoms with Crippen LogP contribution in [0, 0.1) is 10.1 Å². The number of Topliss-reactive ketones (excluding diaryl/α,β-unsaturated/α-hetero) is 1. The summed E-state index contributed by atoms with van der Waals surface area (Å²) in [6.07, 6.45) is 7.44. The number of carbonyl (C=O) groups is 2. The lowest BCUT2D eigenvalue weighted by molar-refractivity contribution is -0.384. The van der Waals surface area contributed by atoms with Crippen LogP contribution >= 0.6 is 0 Å². The van der Waals surface area contributed by atoms with Gasteiger partial charge >= 0.3 is 0 Å². The number of ether oxygens (including phenoxy) is 1. The zero-order valence-corrected chi connectivity index (χ0v) is 20.4. The second-order valence-electron chi connectivity index (χ2n) is 8.73. The van der Waals surface area contributed by atoms with Gasteiger partial charge in [-0.25, -0.2) is 4.98 Å². The number of imidazole rings is 1. The summed E-state index contributed by atoms with van der Waals surface area (Å²) in [7, 11) is 0. The number of aliphatic hydroxyl groups is 1. The number of likely N-dealkylation sites (tertiary alicyclic amines) is 1. The lowest BCUT2D eigenvalue weighted by Crippen LogP contribution is -2.31. The number of rotatable bonds is 11. The second-order valence-corrected chi connectivity index (χ2v) is 8.73. The Morgan fingerprint density at radius 3 is 2.68 bits per heavy atom. The fourth-order valence-electron chi connectivity index (χ4n) is 4.33. The summed E-state index contributed by atoms with van der Waals surface area (Å²) in [5, 5.41) is 22.7. The van der Waals surface area contributed by atoms with Gasteiger partial charge in [-0.2, -0.15) is 0 Å². The molecule has 0 radical (unpaired) electrons. The first-order valence-electron chi connectivity index (χ1n) is 12.1. The van der Waals surface area contributed by atoms with Crippen LogP contribution in [0.15, 0.2) is 72.8 Å². The predicted octanol–water partition coefficient (Wildman–Crippen LogP) is 4.48. The average molecular weight is 505 g/mol. The fraction of sp³-hybridized carbons (Fsp3) is 0.296. The van der Waals surface area contributed by atoms with Crippen LogP contribution < -0.4 is 4.74 Å². The summed E-state index contributed by atoms with van der Waals surface area (Å²) >= 11 is 0. The van der Waals surface area contributed by atoms with Crippen LogP contribution in [0.1, 0.15) is 43.4 Å². The molecule has 1 aliphatic heterocycles. The summed E-state index contributed by atoms with van der Waals surface area (Å²) < 4.78 is 7.58. The Morgan fingerprint density at radius 2 is 1.95 bits per heavy atom. The number of hydrogen-bond donors (Lipinski definition) is 1. The number of nitro groups is 1. The molecule has 1 atom stereocenters. The van der Waals surface area contributed by atoms with Crippen LogP contribution in [0.5, 0.6) is 5.75 Å². The largest absolute Gasteiger partial charge is 0.507 e. The number of aryl methyl sites for hydroxylation is 1. The Morgan fingerprint density at radius 1 is 1.14 bits per heavy atom. The number of non-ortho nitro benzene ring substituents is 1. The van der Waals surface area contributed by atoms with Crippen molar-refractivity contribution in [3.63, 3.8) is 0 Å². The van der Waals surface area contributed by atoms with E-state index in [4.69, 9.17) is 4.74 Å². The quantitative estimate of drug-likeness (QED) is 0.102. The van der Waals surface area contributed by atoms with Crippen molar-refractivity contribution in [3.8, 4) is 5.75 Å². The highest BCUT2D eigenvalue weighted by atomic mass is 16.6. The Hall–Kier alpha value is -4.47. The smallest absolute Gasteiger partial charge is 0.295 e. The van der Waals surface area contributed by atoms with Crippen molar-refractivity contribution < 1.29 is 24.4 Å². The van der Waals surface area contributed by atoms with Gasteiger partial charge in [0.15, 0.2) is 0 Å². The highest BCUT2D eigenvalue weighted by Gasteiger charge is 2.46. The van der Waals surface area contributed by atoms with E-state index in [1.807, 2.05) is 11.5 Å². The predicted molar refractivity (Wildman–Crippen MR) is 136 cm³/mol. The lowest BCUT2D eigenvalue weighted by atomic mass is 9.95. The zero-order valence-electron chi connectivity index (χ0n) is 20.4. The Balaban J connectivity index is 1.73. The van der Waals surface area contributed by atoms with E-state index < -0.39 is 22.7 Å². The number of aromatic nitrogens is 2. The van der Waals surface area contributed by atoms with Crippen molar-refractivity contribution in [2.24, 2.45) is 0 Å². The summed E-state index contributed by atoms with van der Waals surface area (Å²) in [6.45, 7) is 3.32. The minimum atomic E-state index is -0.979. The van der Waals surface area contributed by atoms with Crippen molar-refractivity contribution >= 4 is 23.1 Å². The van der Waals surface area contributed by atoms with Gasteiger partial charge < -0.3 is 19.3 Å². The van der Waals surface area contributed by atoms with E-state index in [9.17, 15) is 24.8 Å². The fourth-order valence-corrected chi connectivity index (χ4v) is 4.33. The molecule has 1 unspecified atom stereocenters. The van der Waals surface area contributed by atoms with E-state index in [2.05, 4.69) is 4.98 Å². The third-order valence-corrected chi connectivity index (χ3v) is 6.19. The van der Waals surface area contributed by atoms with E-state index in [1.54, 1.807) is 49.1 Å². The maximum absolute atomic E-state index is 13.2. The molecular weight excluding hydrogens is 476 g/mol. The van der Waals surface area contributed by atoms with Crippen molar-refractivity contribution in [3.05, 3.63) is 94.1 Å². The van der Waals surface area contributed by atoms with Gasteiger partial charge in [-0.3, -0.25) is 19.7 Å². The number of amides is 1. The van der Waals surface area contributed by atoms with Crippen molar-refractivity contribution in [2.75, 3.05) is 13.2 Å². The maximum atomic E-state index is 13.2. The molecule has 1 aliphatic rings. The minimum Gasteiger partial charge on any atom is -0.507 e. The van der Waals surface area contributed by atoms with Gasteiger partial charge in [-0.1, -0.05) is 37.6 Å². The van der Waals surface area contributed by atoms with Crippen LogP contribution in [0.4, 0.5) is 5.69 Å². The molecule has 10 nitrogen and oxygen atoms in total. The average Bonchev–Trinajstić information content (AvgIpc) is 3.51. The van der Waals surface area contributed by atoms with Gasteiger partial charge in [-0.05, 0) is 30.5 Å². The Bertz CT molecular complexity index is 1320. The van der Waals surface area contributed by atoms with E-state index in [0.717, 1.165) is 12.8 Å². The maximum Gasteiger partial charge on any atom is 0.295 e. The number of hydrogen-bond acceptors (Lipinski definition) is 7. The molecule has 3 aromatic rings. The molecule has 4 rings (SSSR count). The highest BCUT2D eigenvalue weighted by Crippen LogP contribution is 2.40. The van der Waals surface area contributed by atoms with Gasteiger partial charge in [0.2, 0.25) is 0 Å². The van der Waals surface area contributed by atoms with E-state index in [-0.39, 0.29) is 23.6 Å². The molecule has 2 heterocycles. The molecule has 192 valence electrons. The van der Waals surface area contributed by atoms with Crippen molar-refractivity contribution in [1.82, 2.24) is 14.5 Å². The highest BCUT2D eigenvalue weighted by molar-refractivity contribution is 6.46. The van der Waals surface area contributed by atoms with Crippen LogP contribution in [0.3, 0.4) is 0 Å². The van der Waals surface area contributed by atoms with E-state index in [0.29, 0.717) is 36.4 Å². The van der Waals surface area contributed by atoms with Crippen molar-refractivity contribution in [1.29, 1.82) is 0 Å². The first kappa shape index (κ1) is 25.6. The van der Waals surface area contributed by atoms with Crippen LogP contribution in [0.2, 0.25) is 0 Å². The zero-order chi connectivity index (χ0) is 26.4. The van der Waals surface area contributed by atoms with Gasteiger partial charge in [0.05, 0.1) is 29.5 Å². The summed E-state index contributed by atoms with van der Waals surface area (Å²) in [4.78, 5) is 42.6. The standard InChI is InChI=1S/C27H28N4O6/c1-2-3-15-37-22-10-5-8-20(17-22)25(32)23-24(19-7-4-9-21(16-19)31(35)36)30(27(34)26(23)33)13-6-12-29-14-11-28-18-29/h4-5,7-11,14,16-18,24,32H,2-3,6,12-13,15H2,1H3. The molecule has 0 bridgehead atoms. The number of nitrogens with zero attached hydrogens (tertiary/aromatic N) is 4. The molecular formula is C27H28N4O6. The Labute approximate surface area is 214 Å². The van der Waals surface area contributed by atoms with Gasteiger partial charge in [0, 0.05) is 43.2 Å². The van der Waals surface area contributed by atoms with Crippen LogP contribution in [-0.4, -0.2) is 49.3 Å². The molecule has 0 aliphatic carbocycles. The molecule has 37 heavy (non-hydrogen) atoms. The normalized spacial score (nSPS) is 16.8. The number of benzene rings is 2. The minimum absolute atomic E-state index is 0.112. The summed E-state index contributed by atoms with van der Waals surface area (Å²) in [5.41, 5.74) is 0.403. The first-order valence-corrected chi connectivity index (χ1v) is 12.1. The Kier molecular flexibility index (Phi) is 7.97. The third-order valence-electron chi connectivity index (χ3n) is 6.19. The lowest BCUT2D eigenvalue weighted by Gasteiger charge is -2.25. The molecule has 0 saturated carbocycles. The number of aliphatic hydroxyl groups excluding tert-OH is 1. The number of ketones is 1. The monoisotopic (exact) mass is 504 g/mol. The van der Waals surface area contributed by atoms with Crippen LogP contribution in [-0.2, 0) is 16.1 Å². The SMILES string of the molecule is CCCCOc1cccc(C(O)=C2C(=O)C(=O)N(CCCn3ccnc3)C2c2cccc([N+](=O)[O-])c2)c1. The van der Waals surface area contributed by atoms with E-state index in [1.165, 1.54) is 23.1 Å². The molecule has 10 heteroatoms. The summed E-state index contributed by atoms with van der Waals surface area (Å²) in [5.74, 6) is -1.43. The first-order chi connectivity index (χ1) is 17.9. The topological polar surface area (TPSA) is 128 Å². The second kappa shape index (κ2) is 11.5. The number of unbranched alkanes of at least 4 members (excludes halogenated alkanes) is 1. The number of carbonyl (C=O) groups excluding carboxylic acids is 2. The third kappa shape index (κ3) is 5.69.